The van der Waals surface area contributed by atoms with Crippen molar-refractivity contribution in [3.63, 3.8) is 0 Å². The highest BCUT2D eigenvalue weighted by Crippen LogP contribution is 2.37. The summed E-state index contributed by atoms with van der Waals surface area (Å²) in [6.45, 7) is 4.48. The van der Waals surface area contributed by atoms with Gasteiger partial charge in [-0.05, 0) is 50.6 Å². The molecule has 44 heavy (non-hydrogen) atoms. The second kappa shape index (κ2) is 20.6. The molecule has 0 heterocycles. The molecule has 4 N–H and O–H groups in total. The van der Waals surface area contributed by atoms with E-state index in [0.29, 0.717) is 45.8 Å². The lowest BCUT2D eigenvalue weighted by Crippen LogP contribution is -2.41. The van der Waals surface area contributed by atoms with Crippen LogP contribution in [0.25, 0.3) is 0 Å². The molecule has 14 heteroatoms. The summed E-state index contributed by atoms with van der Waals surface area (Å²) >= 11 is 3.42. The van der Waals surface area contributed by atoms with Gasteiger partial charge in [0.25, 0.3) is 5.69 Å². The summed E-state index contributed by atoms with van der Waals surface area (Å²) in [6, 6.07) is 9.79. The van der Waals surface area contributed by atoms with E-state index in [2.05, 4.69) is 31.9 Å². The fraction of sp³-hybridized carbons (Fsp3) is 0.533. The molecule has 0 aromatic heterocycles. The van der Waals surface area contributed by atoms with E-state index in [1.54, 1.807) is 0 Å². The Kier molecular flexibility index (Phi) is 17.3. The fourth-order valence-electron chi connectivity index (χ4n) is 4.18. The summed E-state index contributed by atoms with van der Waals surface area (Å²) in [5, 5.41) is 30.1. The molecule has 0 spiro atoms. The number of hydrogen-bond acceptors (Lipinski definition) is 10. The Labute approximate surface area is 266 Å². The third kappa shape index (κ3) is 14.0. The number of carbonyl (C=O) groups is 2. The van der Waals surface area contributed by atoms with Crippen molar-refractivity contribution in [2.45, 2.75) is 44.8 Å². The molecule has 13 nitrogen and oxygen atoms in total. The molecule has 2 aromatic rings. The number of nitro benzene ring substituents is 1. The number of halogens is 1. The first-order chi connectivity index (χ1) is 21.1. The Hall–Kier alpha value is -3.30. The minimum atomic E-state index is -1.07. The smallest absolute Gasteiger partial charge is 0.279 e. The topological polar surface area (TPSA) is 171 Å². The lowest BCUT2D eigenvalue weighted by atomic mass is 10.0. The number of aliphatic hydroxyl groups is 1. The van der Waals surface area contributed by atoms with Crippen LogP contribution in [0.1, 0.15) is 43.4 Å². The van der Waals surface area contributed by atoms with Gasteiger partial charge in [0, 0.05) is 36.4 Å². The quantitative estimate of drug-likeness (QED) is 0.0822. The van der Waals surface area contributed by atoms with Gasteiger partial charge in [0.1, 0.15) is 0 Å². The number of hydrogen-bond donors (Lipinski definition) is 4. The normalized spacial score (nSPS) is 12.3. The van der Waals surface area contributed by atoms with Crippen molar-refractivity contribution >= 4 is 33.4 Å². The van der Waals surface area contributed by atoms with Gasteiger partial charge in [0.15, 0.2) is 11.5 Å². The lowest BCUT2D eigenvalue weighted by Gasteiger charge is -2.19. The number of ether oxygens (including phenoxy) is 4. The van der Waals surface area contributed by atoms with E-state index in [1.807, 2.05) is 31.3 Å². The molecule has 2 unspecified atom stereocenters. The summed E-state index contributed by atoms with van der Waals surface area (Å²) in [5.41, 5.74) is 0.784. The highest BCUT2D eigenvalue weighted by atomic mass is 79.9. The van der Waals surface area contributed by atoms with Crippen LogP contribution in [-0.2, 0) is 25.5 Å². The Morgan fingerprint density at radius 3 is 2.30 bits per heavy atom. The number of likely N-dealkylation sites (N-methyl/N-ethyl adjacent to an activating group) is 1. The van der Waals surface area contributed by atoms with E-state index in [1.165, 1.54) is 26.2 Å². The van der Waals surface area contributed by atoms with Crippen molar-refractivity contribution in [3.8, 4) is 11.5 Å². The number of nitrogens with one attached hydrogen (secondary N) is 3. The van der Waals surface area contributed by atoms with Crippen LogP contribution in [0.5, 0.6) is 11.5 Å². The second-order valence-electron chi connectivity index (χ2n) is 9.92. The van der Waals surface area contributed by atoms with Crippen LogP contribution in [-0.4, -0.2) is 88.2 Å². The van der Waals surface area contributed by atoms with Gasteiger partial charge in [0.05, 0.1) is 62.8 Å². The molecule has 0 fully saturated rings. The number of amides is 2. The monoisotopic (exact) mass is 682 g/mol. The van der Waals surface area contributed by atoms with Gasteiger partial charge >= 0.3 is 0 Å². The number of rotatable bonds is 22. The zero-order chi connectivity index (χ0) is 32.3. The van der Waals surface area contributed by atoms with Crippen molar-refractivity contribution in [1.29, 1.82) is 0 Å². The molecule has 2 amide bonds. The first-order valence-corrected chi connectivity index (χ1v) is 15.2. The Morgan fingerprint density at radius 1 is 1.00 bits per heavy atom. The van der Waals surface area contributed by atoms with Crippen molar-refractivity contribution in [2.24, 2.45) is 0 Å². The SMILES string of the molecule is CNCCOCCOCCNC(=O)CC(Cc1ccc(Br)cc1)NC(=O)CCCOc1cc([N+](=O)[O-])c(C(C)O)cc1OC. The lowest BCUT2D eigenvalue weighted by molar-refractivity contribution is -0.386. The Balaban J connectivity index is 1.87. The maximum Gasteiger partial charge on any atom is 0.279 e. The zero-order valence-electron chi connectivity index (χ0n) is 25.4. The Bertz CT molecular complexity index is 1180. The highest BCUT2D eigenvalue weighted by Gasteiger charge is 2.23. The van der Waals surface area contributed by atoms with Crippen molar-refractivity contribution in [1.82, 2.24) is 16.0 Å². The van der Waals surface area contributed by atoms with Crippen molar-refractivity contribution in [2.75, 3.05) is 60.3 Å². The largest absolute Gasteiger partial charge is 0.493 e. The van der Waals surface area contributed by atoms with Gasteiger partial charge in [0.2, 0.25) is 11.8 Å². The average Bonchev–Trinajstić information content (AvgIpc) is 2.99. The second-order valence-corrected chi connectivity index (χ2v) is 10.8. The van der Waals surface area contributed by atoms with Crippen LogP contribution in [0.2, 0.25) is 0 Å². The molecule has 2 atom stereocenters. The predicted molar refractivity (Wildman–Crippen MR) is 168 cm³/mol. The van der Waals surface area contributed by atoms with Gasteiger partial charge in [-0.1, -0.05) is 28.1 Å². The van der Waals surface area contributed by atoms with Crippen LogP contribution >= 0.6 is 15.9 Å². The summed E-state index contributed by atoms with van der Waals surface area (Å²) in [4.78, 5) is 36.3. The minimum Gasteiger partial charge on any atom is -0.493 e. The summed E-state index contributed by atoms with van der Waals surface area (Å²) in [5.74, 6) is -0.0923. The summed E-state index contributed by atoms with van der Waals surface area (Å²) in [6.07, 6.45) is -0.101. The first kappa shape index (κ1) is 36.9. The van der Waals surface area contributed by atoms with Gasteiger partial charge in [-0.25, -0.2) is 0 Å². The number of carbonyl (C=O) groups excluding carboxylic acids is 2. The predicted octanol–water partition coefficient (Wildman–Crippen LogP) is 3.06. The van der Waals surface area contributed by atoms with E-state index in [4.69, 9.17) is 18.9 Å². The first-order valence-electron chi connectivity index (χ1n) is 14.4. The highest BCUT2D eigenvalue weighted by molar-refractivity contribution is 9.10. The van der Waals surface area contributed by atoms with Crippen LogP contribution < -0.4 is 25.4 Å². The third-order valence-corrected chi connectivity index (χ3v) is 6.92. The maximum atomic E-state index is 12.8. The Morgan fingerprint density at radius 2 is 1.68 bits per heavy atom. The van der Waals surface area contributed by atoms with Crippen LogP contribution in [0.3, 0.4) is 0 Å². The van der Waals surface area contributed by atoms with Crippen LogP contribution in [0, 0.1) is 10.1 Å². The number of nitrogens with zero attached hydrogens (tertiary/aromatic N) is 1. The molecule has 244 valence electrons. The van der Waals surface area contributed by atoms with E-state index in [0.717, 1.165) is 16.6 Å². The molecule has 0 saturated carbocycles. The van der Waals surface area contributed by atoms with Crippen LogP contribution in [0.15, 0.2) is 40.9 Å². The molecule has 0 aliphatic rings. The van der Waals surface area contributed by atoms with E-state index in [9.17, 15) is 24.8 Å². The fourth-order valence-corrected chi connectivity index (χ4v) is 4.44. The van der Waals surface area contributed by atoms with Gasteiger partial charge in [-0.15, -0.1) is 0 Å². The molecule has 2 aromatic carbocycles. The molecule has 0 bridgehead atoms. The summed E-state index contributed by atoms with van der Waals surface area (Å²) in [7, 11) is 3.25. The number of benzene rings is 2. The van der Waals surface area contributed by atoms with Gasteiger partial charge < -0.3 is 40.0 Å². The van der Waals surface area contributed by atoms with E-state index >= 15 is 0 Å². The average molecular weight is 684 g/mol. The molecule has 0 saturated heterocycles. The molecule has 0 aliphatic carbocycles. The minimum absolute atomic E-state index is 0.0852. The van der Waals surface area contributed by atoms with Crippen LogP contribution in [0.4, 0.5) is 5.69 Å². The standard InChI is InChI=1S/C30H43BrN4O9/c1-21(36)25-19-27(41-3)28(20-26(25)35(39)40)44-12-4-5-29(37)34-24(17-22-6-8-23(31)9-7-22)18-30(38)33-11-14-43-16-15-42-13-10-32-2/h6-9,19-21,24,32,36H,4-5,10-18H2,1-3H3,(H,33,38)(H,34,37). The summed E-state index contributed by atoms with van der Waals surface area (Å²) < 4.78 is 22.8. The number of aliphatic hydroxyl groups excluding tert-OH is 1. The van der Waals surface area contributed by atoms with Crippen molar-refractivity contribution < 1.29 is 38.6 Å². The number of nitro groups is 1. The third-order valence-electron chi connectivity index (χ3n) is 6.39. The zero-order valence-corrected chi connectivity index (χ0v) is 27.0. The number of methoxy groups -OCH3 is 1. The van der Waals surface area contributed by atoms with E-state index in [-0.39, 0.29) is 54.0 Å². The van der Waals surface area contributed by atoms with Crippen molar-refractivity contribution in [3.05, 3.63) is 62.1 Å². The van der Waals surface area contributed by atoms with E-state index < -0.39 is 17.1 Å². The van der Waals surface area contributed by atoms with Gasteiger partial charge in [-0.2, -0.15) is 0 Å². The molecular formula is C30H43BrN4O9. The molecular weight excluding hydrogens is 640 g/mol. The van der Waals surface area contributed by atoms with Gasteiger partial charge in [-0.3, -0.25) is 19.7 Å². The molecule has 2 rings (SSSR count). The molecule has 0 aliphatic heterocycles. The maximum absolute atomic E-state index is 12.8. The molecule has 0 radical (unpaired) electrons.